The summed E-state index contributed by atoms with van der Waals surface area (Å²) >= 11 is 24.4. The number of hydrogen-bond acceptors (Lipinski definition) is 8. The predicted molar refractivity (Wildman–Crippen MR) is 93.4 cm³/mol. The number of hydrogen-bond donors (Lipinski definition) is 4. The molecule has 0 amide bonds. The van der Waals surface area contributed by atoms with Crippen molar-refractivity contribution in [1.29, 1.82) is 0 Å². The van der Waals surface area contributed by atoms with E-state index in [9.17, 15) is 0 Å². The first-order chi connectivity index (χ1) is 6.74. The highest BCUT2D eigenvalue weighted by atomic mass is 32.3. The molecule has 0 aromatic heterocycles. The van der Waals surface area contributed by atoms with Gasteiger partial charge in [-0.1, -0.05) is 0 Å². The minimum Gasteiger partial charge on any atom is -0.168 e. The van der Waals surface area contributed by atoms with E-state index in [1.54, 1.807) is 0 Å². The lowest BCUT2D eigenvalue weighted by molar-refractivity contribution is 1.36. The van der Waals surface area contributed by atoms with Crippen LogP contribution in [0.2, 0.25) is 0 Å². The van der Waals surface area contributed by atoms with Gasteiger partial charge in [-0.15, -0.1) is 47.0 Å². The summed E-state index contributed by atoms with van der Waals surface area (Å²) in [6, 6.07) is 0. The van der Waals surface area contributed by atoms with Crippen molar-refractivity contribution in [2.45, 2.75) is 3.41 Å². The normalized spacial score (nSPS) is 12.0. The summed E-state index contributed by atoms with van der Waals surface area (Å²) in [5.74, 6) is 1.05. The van der Waals surface area contributed by atoms with Crippen LogP contribution < -0.4 is 0 Å². The van der Waals surface area contributed by atoms with E-state index < -0.39 is 0 Å². The Bertz CT molecular complexity index is 112. The van der Waals surface area contributed by atoms with Gasteiger partial charge in [0.25, 0.3) is 0 Å². The molecule has 0 nitrogen and oxygen atoms in total. The maximum absolute atomic E-state index is 4.28. The molecule has 0 heterocycles. The first kappa shape index (κ1) is 16.8. The summed E-state index contributed by atoms with van der Waals surface area (Å²) in [6.45, 7) is 0. The van der Waals surface area contributed by atoms with Gasteiger partial charge in [0.15, 0.2) is 0 Å². The molecule has 8 heteroatoms. The van der Waals surface area contributed by atoms with Crippen molar-refractivity contribution in [2.75, 3.05) is 26.1 Å². The van der Waals surface area contributed by atoms with Crippen LogP contribution in [0.15, 0.2) is 0 Å². The van der Waals surface area contributed by atoms with Gasteiger partial charge in [-0.3, -0.25) is 0 Å². The van der Waals surface area contributed by atoms with Crippen molar-refractivity contribution >= 4 is 97.6 Å². The van der Waals surface area contributed by atoms with Crippen LogP contribution in [0.5, 0.6) is 0 Å². The lowest BCUT2D eigenvalue weighted by Crippen LogP contribution is -2.19. The van der Waals surface area contributed by atoms with Crippen molar-refractivity contribution in [1.82, 2.24) is 0 Å². The van der Waals surface area contributed by atoms with Gasteiger partial charge < -0.3 is 0 Å². The first-order valence-corrected chi connectivity index (χ1v) is 10.3. The van der Waals surface area contributed by atoms with Crippen molar-refractivity contribution in [3.63, 3.8) is 0 Å². The third-order valence-corrected chi connectivity index (χ3v) is 8.56. The molecule has 0 N–H and O–H groups in total. The molecule has 0 aromatic rings. The van der Waals surface area contributed by atoms with Gasteiger partial charge in [-0.25, -0.2) is 0 Å². The largest absolute Gasteiger partial charge is 0.168 e. The first-order valence-electron chi connectivity index (χ1n) is 3.67. The van der Waals surface area contributed by atoms with Crippen LogP contribution in [0.25, 0.3) is 0 Å². The molecule has 0 aliphatic rings. The van der Waals surface area contributed by atoms with Gasteiger partial charge >= 0.3 is 0 Å². The van der Waals surface area contributed by atoms with Crippen molar-refractivity contribution in [3.8, 4) is 0 Å². The summed E-state index contributed by atoms with van der Waals surface area (Å²) in [6.07, 6.45) is 0. The highest BCUT2D eigenvalue weighted by molar-refractivity contribution is 8.38. The zero-order valence-electron chi connectivity index (χ0n) is 7.46. The van der Waals surface area contributed by atoms with Crippen LogP contribution in [0.3, 0.4) is 0 Å². The molecule has 14 heavy (non-hydrogen) atoms. The van der Waals surface area contributed by atoms with Crippen LogP contribution in [-0.4, -0.2) is 29.5 Å². The zero-order valence-corrected chi connectivity index (χ0v) is 14.3. The van der Waals surface area contributed by atoms with E-state index in [0.717, 1.165) is 26.1 Å². The average Bonchev–Trinajstić information content (AvgIpc) is 2.16. The molecule has 0 fully saturated rings. The summed E-state index contributed by atoms with van der Waals surface area (Å²) in [5.41, 5.74) is 0. The standard InChI is InChI=1S/C6H14S8/c7-2-11-1-6(12-3-8,13-4-9)14-5-10/h7-10H,1-5H2. The maximum Gasteiger partial charge on any atom is 0.118 e. The third kappa shape index (κ3) is 7.19. The maximum atomic E-state index is 4.28. The van der Waals surface area contributed by atoms with E-state index in [1.807, 2.05) is 47.0 Å². The molecule has 0 aliphatic carbocycles. The van der Waals surface area contributed by atoms with Crippen molar-refractivity contribution in [2.24, 2.45) is 0 Å². The Morgan fingerprint density at radius 2 is 1.14 bits per heavy atom. The van der Waals surface area contributed by atoms with Gasteiger partial charge in [-0.05, 0) is 0 Å². The summed E-state index contributed by atoms with van der Waals surface area (Å²) < 4.78 is 0.138. The number of thiol groups is 4. The van der Waals surface area contributed by atoms with Gasteiger partial charge in [0, 0.05) is 26.1 Å². The highest BCUT2D eigenvalue weighted by Gasteiger charge is 2.30. The Morgan fingerprint density at radius 3 is 1.43 bits per heavy atom. The molecule has 0 saturated carbocycles. The van der Waals surface area contributed by atoms with Crippen LogP contribution in [0.1, 0.15) is 0 Å². The number of thioether (sulfide) groups is 4. The molecule has 0 aromatic carbocycles. The molecule has 86 valence electrons. The fourth-order valence-electron chi connectivity index (χ4n) is 0.716. The van der Waals surface area contributed by atoms with E-state index in [-0.39, 0.29) is 3.41 Å². The lowest BCUT2D eigenvalue weighted by atomic mass is 10.9. The second-order valence-electron chi connectivity index (χ2n) is 1.98. The Balaban J connectivity index is 4.21. The Morgan fingerprint density at radius 1 is 0.714 bits per heavy atom. The summed E-state index contributed by atoms with van der Waals surface area (Å²) in [5, 5.41) is 3.34. The van der Waals surface area contributed by atoms with Crippen LogP contribution in [-0.2, 0) is 0 Å². The molecule has 0 atom stereocenters. The fourth-order valence-corrected chi connectivity index (χ4v) is 9.29. The lowest BCUT2D eigenvalue weighted by Gasteiger charge is -2.30. The second-order valence-corrected chi connectivity index (χ2v) is 10.5. The minimum atomic E-state index is 0.138. The van der Waals surface area contributed by atoms with E-state index >= 15 is 0 Å². The Labute approximate surface area is 126 Å². The van der Waals surface area contributed by atoms with E-state index in [1.165, 1.54) is 0 Å². The molecule has 0 rings (SSSR count). The van der Waals surface area contributed by atoms with E-state index in [2.05, 4.69) is 50.5 Å². The van der Waals surface area contributed by atoms with E-state index in [4.69, 9.17) is 0 Å². The quantitative estimate of drug-likeness (QED) is 0.367. The molecule has 0 saturated heterocycles. The van der Waals surface area contributed by atoms with Gasteiger partial charge in [-0.2, -0.15) is 50.5 Å². The fraction of sp³-hybridized carbons (Fsp3) is 1.00. The average molecular weight is 343 g/mol. The van der Waals surface area contributed by atoms with Gasteiger partial charge in [0.2, 0.25) is 0 Å². The van der Waals surface area contributed by atoms with E-state index in [0.29, 0.717) is 0 Å². The molecule has 0 unspecified atom stereocenters. The molecule has 0 aliphatic heterocycles. The van der Waals surface area contributed by atoms with Crippen LogP contribution in [0, 0.1) is 0 Å². The Hall–Kier alpha value is 2.80. The molecular formula is C6H14S8. The van der Waals surface area contributed by atoms with Crippen LogP contribution in [0.4, 0.5) is 0 Å². The number of rotatable bonds is 9. The SMILES string of the molecule is SCSCC(SCS)(SCS)SCS. The molecule has 0 radical (unpaired) electrons. The molecule has 0 spiro atoms. The third-order valence-electron chi connectivity index (χ3n) is 1.22. The van der Waals surface area contributed by atoms with Gasteiger partial charge in [0.05, 0.1) is 0 Å². The smallest absolute Gasteiger partial charge is 0.118 e. The molecular weight excluding hydrogens is 329 g/mol. The highest BCUT2D eigenvalue weighted by Crippen LogP contribution is 2.49. The summed E-state index contributed by atoms with van der Waals surface area (Å²) in [4.78, 5) is 0. The predicted octanol–water partition coefficient (Wildman–Crippen LogP) is 4.12. The van der Waals surface area contributed by atoms with Gasteiger partial charge in [0.1, 0.15) is 3.41 Å². The topological polar surface area (TPSA) is 0 Å². The minimum absolute atomic E-state index is 0.138. The summed E-state index contributed by atoms with van der Waals surface area (Å²) in [7, 11) is 0. The second kappa shape index (κ2) is 10.9. The van der Waals surface area contributed by atoms with Crippen molar-refractivity contribution < 1.29 is 0 Å². The molecule has 0 bridgehead atoms. The Kier molecular flexibility index (Phi) is 13.1. The van der Waals surface area contributed by atoms with Crippen molar-refractivity contribution in [3.05, 3.63) is 0 Å². The monoisotopic (exact) mass is 342 g/mol. The zero-order chi connectivity index (χ0) is 10.9. The van der Waals surface area contributed by atoms with Crippen LogP contribution >= 0.6 is 97.6 Å².